The van der Waals surface area contributed by atoms with Crippen LogP contribution in [0.2, 0.25) is 0 Å². The average Bonchev–Trinajstić information content (AvgIpc) is 2.31. The van der Waals surface area contributed by atoms with Gasteiger partial charge < -0.3 is 5.32 Å². The molecule has 0 spiro atoms. The third kappa shape index (κ3) is 3.99. The van der Waals surface area contributed by atoms with Crippen LogP contribution in [-0.4, -0.2) is 27.3 Å². The van der Waals surface area contributed by atoms with Gasteiger partial charge in [0.15, 0.2) is 0 Å². The SMILES string of the molecule is CS(=O)(=O)Nc1ccccc1CC1CCCCN1. The summed E-state index contributed by atoms with van der Waals surface area (Å²) < 4.78 is 25.2. The molecule has 4 nitrogen and oxygen atoms in total. The Morgan fingerprint density at radius 3 is 2.78 bits per heavy atom. The molecule has 1 atom stereocenters. The van der Waals surface area contributed by atoms with Gasteiger partial charge in [0.05, 0.1) is 11.9 Å². The number of anilines is 1. The summed E-state index contributed by atoms with van der Waals surface area (Å²) in [5.74, 6) is 0. The van der Waals surface area contributed by atoms with Crippen LogP contribution in [0, 0.1) is 0 Å². The van der Waals surface area contributed by atoms with Crippen LogP contribution in [0.15, 0.2) is 24.3 Å². The fraction of sp³-hybridized carbons (Fsp3) is 0.538. The molecule has 1 aromatic carbocycles. The van der Waals surface area contributed by atoms with E-state index in [-0.39, 0.29) is 0 Å². The van der Waals surface area contributed by atoms with Crippen molar-refractivity contribution in [3.05, 3.63) is 29.8 Å². The maximum atomic E-state index is 11.3. The van der Waals surface area contributed by atoms with Crippen molar-refractivity contribution in [2.75, 3.05) is 17.5 Å². The molecule has 0 saturated carbocycles. The van der Waals surface area contributed by atoms with Gasteiger partial charge in [-0.25, -0.2) is 8.42 Å². The number of hydrogen-bond donors (Lipinski definition) is 2. The highest BCUT2D eigenvalue weighted by molar-refractivity contribution is 7.92. The third-order valence-electron chi connectivity index (χ3n) is 3.19. The van der Waals surface area contributed by atoms with Gasteiger partial charge in [0.1, 0.15) is 0 Å². The van der Waals surface area contributed by atoms with Crippen LogP contribution in [0.4, 0.5) is 5.69 Å². The lowest BCUT2D eigenvalue weighted by atomic mass is 9.97. The van der Waals surface area contributed by atoms with Crippen molar-refractivity contribution in [3.63, 3.8) is 0 Å². The molecule has 18 heavy (non-hydrogen) atoms. The van der Waals surface area contributed by atoms with Gasteiger partial charge in [0, 0.05) is 6.04 Å². The van der Waals surface area contributed by atoms with Crippen molar-refractivity contribution in [3.8, 4) is 0 Å². The first-order valence-corrected chi connectivity index (χ1v) is 8.23. The van der Waals surface area contributed by atoms with Crippen molar-refractivity contribution in [2.45, 2.75) is 31.7 Å². The maximum absolute atomic E-state index is 11.3. The van der Waals surface area contributed by atoms with Crippen LogP contribution in [0.3, 0.4) is 0 Å². The molecule has 5 heteroatoms. The highest BCUT2D eigenvalue weighted by atomic mass is 32.2. The molecule has 1 unspecified atom stereocenters. The average molecular weight is 268 g/mol. The lowest BCUT2D eigenvalue weighted by molar-refractivity contribution is 0.399. The predicted octanol–water partition coefficient (Wildman–Crippen LogP) is 1.74. The molecular weight excluding hydrogens is 248 g/mol. The van der Waals surface area contributed by atoms with Gasteiger partial charge in [0.25, 0.3) is 0 Å². The monoisotopic (exact) mass is 268 g/mol. The van der Waals surface area contributed by atoms with Crippen molar-refractivity contribution < 1.29 is 8.42 Å². The Morgan fingerprint density at radius 1 is 1.33 bits per heavy atom. The summed E-state index contributed by atoms with van der Waals surface area (Å²) >= 11 is 0. The fourth-order valence-corrected chi connectivity index (χ4v) is 2.96. The molecule has 1 heterocycles. The van der Waals surface area contributed by atoms with Crippen LogP contribution in [0.1, 0.15) is 24.8 Å². The van der Waals surface area contributed by atoms with Crippen molar-refractivity contribution in [2.24, 2.45) is 0 Å². The molecule has 100 valence electrons. The molecule has 1 aliphatic rings. The smallest absolute Gasteiger partial charge is 0.229 e. The zero-order chi connectivity index (χ0) is 13.0. The minimum atomic E-state index is -3.21. The second-order valence-electron chi connectivity index (χ2n) is 4.88. The molecule has 1 saturated heterocycles. The summed E-state index contributed by atoms with van der Waals surface area (Å²) in [5, 5.41) is 3.48. The van der Waals surface area contributed by atoms with E-state index in [1.807, 2.05) is 24.3 Å². The van der Waals surface area contributed by atoms with Gasteiger partial charge in [-0.2, -0.15) is 0 Å². The first kappa shape index (κ1) is 13.4. The van der Waals surface area contributed by atoms with E-state index in [4.69, 9.17) is 0 Å². The molecule has 1 aromatic rings. The summed E-state index contributed by atoms with van der Waals surface area (Å²) in [7, 11) is -3.21. The van der Waals surface area contributed by atoms with E-state index in [9.17, 15) is 8.42 Å². The van der Waals surface area contributed by atoms with E-state index in [0.29, 0.717) is 11.7 Å². The molecule has 2 rings (SSSR count). The second-order valence-corrected chi connectivity index (χ2v) is 6.63. The Bertz CT molecular complexity index is 493. The summed E-state index contributed by atoms with van der Waals surface area (Å²) in [6.45, 7) is 1.06. The first-order valence-electron chi connectivity index (χ1n) is 6.34. The highest BCUT2D eigenvalue weighted by Crippen LogP contribution is 2.20. The Kier molecular flexibility index (Phi) is 4.24. The number of piperidine rings is 1. The molecule has 0 radical (unpaired) electrons. The van der Waals surface area contributed by atoms with Crippen LogP contribution < -0.4 is 10.0 Å². The minimum Gasteiger partial charge on any atom is -0.314 e. The van der Waals surface area contributed by atoms with Crippen LogP contribution in [0.5, 0.6) is 0 Å². The Morgan fingerprint density at radius 2 is 2.11 bits per heavy atom. The maximum Gasteiger partial charge on any atom is 0.229 e. The largest absolute Gasteiger partial charge is 0.314 e. The van der Waals surface area contributed by atoms with Gasteiger partial charge in [-0.3, -0.25) is 4.72 Å². The van der Waals surface area contributed by atoms with Gasteiger partial charge in [-0.05, 0) is 37.4 Å². The lowest BCUT2D eigenvalue weighted by Crippen LogP contribution is -2.35. The van der Waals surface area contributed by atoms with Gasteiger partial charge >= 0.3 is 0 Å². The lowest BCUT2D eigenvalue weighted by Gasteiger charge is -2.24. The topological polar surface area (TPSA) is 58.2 Å². The molecule has 1 aliphatic heterocycles. The molecule has 0 bridgehead atoms. The molecule has 0 aliphatic carbocycles. The normalized spacial score (nSPS) is 20.6. The van der Waals surface area contributed by atoms with Crippen LogP contribution in [-0.2, 0) is 16.4 Å². The van der Waals surface area contributed by atoms with Crippen molar-refractivity contribution >= 4 is 15.7 Å². The first-order chi connectivity index (χ1) is 8.54. The van der Waals surface area contributed by atoms with Gasteiger partial charge in [-0.1, -0.05) is 24.6 Å². The standard InChI is InChI=1S/C13H20N2O2S/c1-18(16,17)15-13-8-3-2-6-11(13)10-12-7-4-5-9-14-12/h2-3,6,8,12,14-15H,4-5,7,9-10H2,1H3. The van der Waals surface area contributed by atoms with E-state index in [0.717, 1.165) is 24.9 Å². The molecule has 2 N–H and O–H groups in total. The van der Waals surface area contributed by atoms with Crippen molar-refractivity contribution in [1.29, 1.82) is 0 Å². The minimum absolute atomic E-state index is 0.460. The van der Waals surface area contributed by atoms with E-state index < -0.39 is 10.0 Å². The number of hydrogen-bond acceptors (Lipinski definition) is 3. The summed E-state index contributed by atoms with van der Waals surface area (Å²) in [5.41, 5.74) is 1.76. The second kappa shape index (κ2) is 5.71. The fourth-order valence-electron chi connectivity index (χ4n) is 2.36. The molecule has 1 fully saturated rings. The predicted molar refractivity (Wildman–Crippen MR) is 74.3 cm³/mol. The quantitative estimate of drug-likeness (QED) is 0.874. The van der Waals surface area contributed by atoms with Crippen LogP contribution in [0.25, 0.3) is 0 Å². The number of nitrogens with one attached hydrogen (secondary N) is 2. The van der Waals surface area contributed by atoms with Gasteiger partial charge in [-0.15, -0.1) is 0 Å². The molecule has 0 aromatic heterocycles. The Balaban J connectivity index is 2.11. The van der Waals surface area contributed by atoms with Crippen molar-refractivity contribution in [1.82, 2.24) is 5.32 Å². The van der Waals surface area contributed by atoms with E-state index in [1.54, 1.807) is 0 Å². The molecule has 0 amide bonds. The number of sulfonamides is 1. The van der Waals surface area contributed by atoms with E-state index in [2.05, 4.69) is 10.0 Å². The zero-order valence-corrected chi connectivity index (χ0v) is 11.5. The molecular formula is C13H20N2O2S. The van der Waals surface area contributed by atoms with E-state index >= 15 is 0 Å². The van der Waals surface area contributed by atoms with Gasteiger partial charge in [0.2, 0.25) is 10.0 Å². The zero-order valence-electron chi connectivity index (χ0n) is 10.6. The third-order valence-corrected chi connectivity index (χ3v) is 3.78. The van der Waals surface area contributed by atoms with Crippen LogP contribution >= 0.6 is 0 Å². The highest BCUT2D eigenvalue weighted by Gasteiger charge is 2.15. The summed E-state index contributed by atoms with van der Waals surface area (Å²) in [6.07, 6.45) is 5.70. The Labute approximate surface area is 109 Å². The summed E-state index contributed by atoms with van der Waals surface area (Å²) in [6, 6.07) is 8.07. The Hall–Kier alpha value is -1.07. The number of rotatable bonds is 4. The van der Waals surface area contributed by atoms with E-state index in [1.165, 1.54) is 19.1 Å². The number of benzene rings is 1. The summed E-state index contributed by atoms with van der Waals surface area (Å²) in [4.78, 5) is 0. The number of para-hydroxylation sites is 1.